The number of halogens is 2. The number of ether oxygens (including phenoxy) is 3. The van der Waals surface area contributed by atoms with Crippen LogP contribution in [0.25, 0.3) is 0 Å². The van der Waals surface area contributed by atoms with E-state index in [9.17, 15) is 8.78 Å². The fourth-order valence-corrected chi connectivity index (χ4v) is 8.32. The van der Waals surface area contributed by atoms with Crippen molar-refractivity contribution in [2.24, 2.45) is 41.4 Å². The third-order valence-electron chi connectivity index (χ3n) is 10.9. The van der Waals surface area contributed by atoms with E-state index in [0.29, 0.717) is 30.5 Å². The van der Waals surface area contributed by atoms with E-state index in [0.717, 1.165) is 56.0 Å². The van der Waals surface area contributed by atoms with Crippen LogP contribution in [0, 0.1) is 41.4 Å². The van der Waals surface area contributed by atoms with Crippen molar-refractivity contribution >= 4 is 0 Å². The highest BCUT2D eigenvalue weighted by Gasteiger charge is 2.37. The molecule has 0 amide bonds. The minimum atomic E-state index is -1.15. The van der Waals surface area contributed by atoms with Crippen LogP contribution in [0.3, 0.4) is 0 Å². The van der Waals surface area contributed by atoms with E-state index >= 15 is 0 Å². The Morgan fingerprint density at radius 1 is 0.667 bits per heavy atom. The topological polar surface area (TPSA) is 27.7 Å². The molecule has 1 aliphatic heterocycles. The van der Waals surface area contributed by atoms with Gasteiger partial charge >= 0.3 is 0 Å². The smallest absolute Gasteiger partial charge is 0.203 e. The summed E-state index contributed by atoms with van der Waals surface area (Å²) in [6, 6.07) is 0. The number of allylic oxidation sites excluding steroid dienone is 2. The summed E-state index contributed by atoms with van der Waals surface area (Å²) in [5.41, 5.74) is 0. The third-order valence-corrected chi connectivity index (χ3v) is 10.9. The Morgan fingerprint density at radius 3 is 1.69 bits per heavy atom. The van der Waals surface area contributed by atoms with Crippen LogP contribution in [0.15, 0.2) is 36.3 Å². The largest absolute Gasteiger partial charge is 0.494 e. The molecule has 0 radical (unpaired) electrons. The molecule has 39 heavy (non-hydrogen) atoms. The average molecular weight is 549 g/mol. The van der Waals surface area contributed by atoms with Crippen LogP contribution < -0.4 is 0 Å². The summed E-state index contributed by atoms with van der Waals surface area (Å²) < 4.78 is 44.7. The van der Waals surface area contributed by atoms with E-state index in [1.807, 2.05) is 0 Å². The van der Waals surface area contributed by atoms with Crippen LogP contribution in [0.1, 0.15) is 110 Å². The lowest BCUT2D eigenvalue weighted by atomic mass is 9.67. The normalized spacial score (nSPS) is 36.5. The highest BCUT2D eigenvalue weighted by atomic mass is 19.2. The minimum Gasteiger partial charge on any atom is -0.494 e. The van der Waals surface area contributed by atoms with Crippen molar-refractivity contribution in [1.29, 1.82) is 0 Å². The van der Waals surface area contributed by atoms with Crippen LogP contribution >= 0.6 is 0 Å². The van der Waals surface area contributed by atoms with Gasteiger partial charge in [-0.3, -0.25) is 0 Å². The molecular formula is C34H54F2O3. The van der Waals surface area contributed by atoms with Gasteiger partial charge in [0, 0.05) is 0 Å². The molecule has 3 nitrogen and oxygen atoms in total. The summed E-state index contributed by atoms with van der Waals surface area (Å²) in [6.07, 6.45) is 21.8. The standard InChI is InChI=1S/C34H54F2O3/c1-5-6-25-7-11-27(12-8-25)28-15-17-30(18-16-28)32-20-19-31(22-39-32)29-13-9-26(10-14-29)21-38-24(3)34(36)33(35)23(2)37-4/h25-32H,2-3,5-22H2,1,4H3/b34-33-. The highest BCUT2D eigenvalue weighted by Crippen LogP contribution is 2.45. The van der Waals surface area contributed by atoms with E-state index in [1.165, 1.54) is 84.2 Å². The molecule has 2 unspecified atom stereocenters. The van der Waals surface area contributed by atoms with Crippen LogP contribution in [0.2, 0.25) is 0 Å². The monoisotopic (exact) mass is 548 g/mol. The second kappa shape index (κ2) is 15.0. The molecule has 0 spiro atoms. The molecule has 4 aliphatic rings. The first-order valence-corrected chi connectivity index (χ1v) is 16.1. The van der Waals surface area contributed by atoms with Gasteiger partial charge in [-0.1, -0.05) is 45.8 Å². The molecule has 3 aliphatic carbocycles. The Balaban J connectivity index is 1.11. The summed E-state index contributed by atoms with van der Waals surface area (Å²) in [5, 5.41) is 0. The highest BCUT2D eigenvalue weighted by molar-refractivity contribution is 5.29. The molecule has 1 saturated heterocycles. The maximum absolute atomic E-state index is 14.1. The van der Waals surface area contributed by atoms with Gasteiger partial charge in [0.25, 0.3) is 0 Å². The van der Waals surface area contributed by atoms with Crippen molar-refractivity contribution in [3.8, 4) is 0 Å². The van der Waals surface area contributed by atoms with Crippen molar-refractivity contribution in [3.63, 3.8) is 0 Å². The lowest BCUT2D eigenvalue weighted by Gasteiger charge is -2.43. The maximum Gasteiger partial charge on any atom is 0.203 e. The molecule has 222 valence electrons. The zero-order valence-electron chi connectivity index (χ0n) is 24.7. The molecule has 4 rings (SSSR count). The van der Waals surface area contributed by atoms with E-state index in [2.05, 4.69) is 24.8 Å². The van der Waals surface area contributed by atoms with Gasteiger partial charge in [-0.15, -0.1) is 0 Å². The van der Waals surface area contributed by atoms with Crippen molar-refractivity contribution in [3.05, 3.63) is 36.3 Å². The molecule has 1 heterocycles. The van der Waals surface area contributed by atoms with Crippen molar-refractivity contribution in [2.45, 2.75) is 116 Å². The molecule has 2 atom stereocenters. The summed E-state index contributed by atoms with van der Waals surface area (Å²) in [7, 11) is 1.25. The lowest BCUT2D eigenvalue weighted by molar-refractivity contribution is -0.0763. The van der Waals surface area contributed by atoms with Gasteiger partial charge in [0.05, 0.1) is 26.4 Å². The van der Waals surface area contributed by atoms with E-state index in [4.69, 9.17) is 9.47 Å². The second-order valence-electron chi connectivity index (χ2n) is 13.2. The van der Waals surface area contributed by atoms with Gasteiger partial charge in [0.2, 0.25) is 11.7 Å². The third kappa shape index (κ3) is 8.33. The van der Waals surface area contributed by atoms with E-state index < -0.39 is 11.7 Å². The first-order valence-electron chi connectivity index (χ1n) is 16.1. The zero-order valence-corrected chi connectivity index (χ0v) is 24.7. The second-order valence-corrected chi connectivity index (χ2v) is 13.2. The van der Waals surface area contributed by atoms with Crippen LogP contribution in [-0.4, -0.2) is 26.4 Å². The Bertz CT molecular complexity index is 806. The molecule has 0 bridgehead atoms. The summed E-state index contributed by atoms with van der Waals surface area (Å²) in [5.74, 6) is 2.58. The van der Waals surface area contributed by atoms with Gasteiger partial charge in [0.1, 0.15) is 0 Å². The molecule has 3 saturated carbocycles. The number of rotatable bonds is 11. The fraction of sp³-hybridized carbons (Fsp3) is 0.824. The predicted octanol–water partition coefficient (Wildman–Crippen LogP) is 9.84. The average Bonchev–Trinajstić information content (AvgIpc) is 2.99. The lowest BCUT2D eigenvalue weighted by Crippen LogP contribution is -2.38. The first kappa shape index (κ1) is 30.6. The summed E-state index contributed by atoms with van der Waals surface area (Å²) in [6.45, 7) is 10.5. The van der Waals surface area contributed by atoms with Crippen molar-refractivity contribution < 1.29 is 23.0 Å². The first-order chi connectivity index (χ1) is 18.9. The number of hydrogen-bond donors (Lipinski definition) is 0. The SMILES string of the molecule is C=C(OC)/C(F)=C(/F)C(=C)OCC1CCC(C2CCC(C3CCC(C4CCC(CCC)CC4)CC3)OC2)CC1. The molecule has 0 N–H and O–H groups in total. The molecule has 0 aromatic rings. The number of hydrogen-bond acceptors (Lipinski definition) is 3. The van der Waals surface area contributed by atoms with E-state index in [1.54, 1.807) is 0 Å². The summed E-state index contributed by atoms with van der Waals surface area (Å²) >= 11 is 0. The fourth-order valence-electron chi connectivity index (χ4n) is 8.32. The molecular weight excluding hydrogens is 494 g/mol. The van der Waals surface area contributed by atoms with Gasteiger partial charge in [-0.2, -0.15) is 8.78 Å². The molecule has 0 aromatic heterocycles. The Morgan fingerprint density at radius 2 is 1.15 bits per heavy atom. The van der Waals surface area contributed by atoms with Crippen LogP contribution in [0.5, 0.6) is 0 Å². The maximum atomic E-state index is 14.1. The van der Waals surface area contributed by atoms with Gasteiger partial charge in [-0.25, -0.2) is 0 Å². The number of methoxy groups -OCH3 is 1. The molecule has 4 fully saturated rings. The van der Waals surface area contributed by atoms with Gasteiger partial charge in [0.15, 0.2) is 11.5 Å². The quantitative estimate of drug-likeness (QED) is 0.190. The van der Waals surface area contributed by atoms with Crippen molar-refractivity contribution in [2.75, 3.05) is 20.3 Å². The van der Waals surface area contributed by atoms with Crippen molar-refractivity contribution in [1.82, 2.24) is 0 Å². The Hall–Kier alpha value is -1.36. The van der Waals surface area contributed by atoms with E-state index in [-0.39, 0.29) is 11.5 Å². The van der Waals surface area contributed by atoms with Crippen LogP contribution in [-0.2, 0) is 14.2 Å². The van der Waals surface area contributed by atoms with Crippen LogP contribution in [0.4, 0.5) is 8.78 Å². The van der Waals surface area contributed by atoms with Gasteiger partial charge in [-0.05, 0) is 118 Å². The minimum absolute atomic E-state index is 0.284. The predicted molar refractivity (Wildman–Crippen MR) is 154 cm³/mol. The van der Waals surface area contributed by atoms with Gasteiger partial charge < -0.3 is 14.2 Å². The Labute approximate surface area is 236 Å². The summed E-state index contributed by atoms with van der Waals surface area (Å²) in [4.78, 5) is 0. The molecule has 5 heteroatoms. The Kier molecular flexibility index (Phi) is 11.8. The zero-order chi connectivity index (χ0) is 27.8. The molecule has 0 aromatic carbocycles.